The van der Waals surface area contributed by atoms with Crippen LogP contribution in [0.2, 0.25) is 0 Å². The van der Waals surface area contributed by atoms with E-state index in [1.165, 1.54) is 12.8 Å². The molecule has 0 amide bonds. The van der Waals surface area contributed by atoms with Crippen molar-refractivity contribution in [2.24, 2.45) is 10.9 Å². The molecule has 0 spiro atoms. The topological polar surface area (TPSA) is 12.4 Å². The van der Waals surface area contributed by atoms with Gasteiger partial charge in [0.05, 0.1) is 0 Å². The van der Waals surface area contributed by atoms with Crippen LogP contribution in [0.4, 0.5) is 0 Å². The lowest BCUT2D eigenvalue weighted by Gasteiger charge is -1.99. The summed E-state index contributed by atoms with van der Waals surface area (Å²) in [5, 5.41) is 0. The standard InChI is InChI=1S/C10H19N/c1-4-5-8-11-9-6-7-10(2)3/h4-5,8,10H,6-7,9H2,1-3H3/b5-4-,11-8?. The first kappa shape index (κ1) is 10.4. The Labute approximate surface area is 70.2 Å². The maximum Gasteiger partial charge on any atom is 0.0389 e. The van der Waals surface area contributed by atoms with Gasteiger partial charge in [-0.3, -0.25) is 4.99 Å². The van der Waals surface area contributed by atoms with E-state index in [2.05, 4.69) is 18.8 Å². The first-order chi connectivity index (χ1) is 5.27. The molecule has 64 valence electrons. The summed E-state index contributed by atoms with van der Waals surface area (Å²) in [4.78, 5) is 4.22. The molecule has 0 saturated heterocycles. The van der Waals surface area contributed by atoms with Crippen LogP contribution in [0.5, 0.6) is 0 Å². The molecule has 0 saturated carbocycles. The van der Waals surface area contributed by atoms with Crippen LogP contribution in [0.1, 0.15) is 33.6 Å². The highest BCUT2D eigenvalue weighted by atomic mass is 14.7. The van der Waals surface area contributed by atoms with Crippen molar-refractivity contribution in [3.05, 3.63) is 12.2 Å². The predicted molar refractivity (Wildman–Crippen MR) is 52.2 cm³/mol. The van der Waals surface area contributed by atoms with E-state index in [0.29, 0.717) is 0 Å². The Morgan fingerprint density at radius 2 is 2.09 bits per heavy atom. The molecule has 0 rings (SSSR count). The first-order valence-corrected chi connectivity index (χ1v) is 4.38. The highest BCUT2D eigenvalue weighted by Gasteiger charge is 1.90. The van der Waals surface area contributed by atoms with Crippen molar-refractivity contribution >= 4 is 6.21 Å². The van der Waals surface area contributed by atoms with Crippen LogP contribution in [-0.4, -0.2) is 12.8 Å². The van der Waals surface area contributed by atoms with E-state index < -0.39 is 0 Å². The van der Waals surface area contributed by atoms with Crippen molar-refractivity contribution in [2.75, 3.05) is 6.54 Å². The van der Waals surface area contributed by atoms with Gasteiger partial charge in [0.1, 0.15) is 0 Å². The molecule has 0 heterocycles. The summed E-state index contributed by atoms with van der Waals surface area (Å²) in [7, 11) is 0. The number of nitrogens with zero attached hydrogens (tertiary/aromatic N) is 1. The van der Waals surface area contributed by atoms with Crippen LogP contribution in [0, 0.1) is 5.92 Å². The molecule has 0 aliphatic rings. The Balaban J connectivity index is 3.14. The summed E-state index contributed by atoms with van der Waals surface area (Å²) in [6.45, 7) is 7.47. The summed E-state index contributed by atoms with van der Waals surface area (Å²) in [6.07, 6.45) is 8.33. The molecule has 0 aliphatic heterocycles. The quantitative estimate of drug-likeness (QED) is 0.425. The van der Waals surface area contributed by atoms with Gasteiger partial charge in [-0.25, -0.2) is 0 Å². The third-order valence-corrected chi connectivity index (χ3v) is 1.45. The zero-order chi connectivity index (χ0) is 8.53. The lowest BCUT2D eigenvalue weighted by molar-refractivity contribution is 0.562. The average Bonchev–Trinajstić information content (AvgIpc) is 1.96. The Kier molecular flexibility index (Phi) is 7.11. The van der Waals surface area contributed by atoms with E-state index in [-0.39, 0.29) is 0 Å². The zero-order valence-corrected chi connectivity index (χ0v) is 7.88. The van der Waals surface area contributed by atoms with E-state index in [9.17, 15) is 0 Å². The Bertz CT molecular complexity index is 123. The number of rotatable bonds is 5. The van der Waals surface area contributed by atoms with Crippen LogP contribution in [0.15, 0.2) is 17.1 Å². The van der Waals surface area contributed by atoms with Crippen LogP contribution in [-0.2, 0) is 0 Å². The summed E-state index contributed by atoms with van der Waals surface area (Å²) < 4.78 is 0. The van der Waals surface area contributed by atoms with Gasteiger partial charge in [-0.2, -0.15) is 0 Å². The molecule has 0 atom stereocenters. The molecule has 0 bridgehead atoms. The van der Waals surface area contributed by atoms with Crippen LogP contribution in [0.25, 0.3) is 0 Å². The highest BCUT2D eigenvalue weighted by molar-refractivity contribution is 5.70. The fourth-order valence-corrected chi connectivity index (χ4v) is 0.812. The molecule has 0 aliphatic carbocycles. The van der Waals surface area contributed by atoms with Crippen LogP contribution in [0.3, 0.4) is 0 Å². The van der Waals surface area contributed by atoms with Gasteiger partial charge in [0.25, 0.3) is 0 Å². The SMILES string of the molecule is C/C=C\C=NCCCC(C)C. The van der Waals surface area contributed by atoms with Crippen molar-refractivity contribution in [1.29, 1.82) is 0 Å². The van der Waals surface area contributed by atoms with Gasteiger partial charge in [0.2, 0.25) is 0 Å². The molecule has 0 aromatic carbocycles. The fraction of sp³-hybridized carbons (Fsp3) is 0.700. The Hall–Kier alpha value is -0.590. The molecular weight excluding hydrogens is 134 g/mol. The lowest BCUT2D eigenvalue weighted by atomic mass is 10.1. The van der Waals surface area contributed by atoms with Gasteiger partial charge < -0.3 is 0 Å². The smallest absolute Gasteiger partial charge is 0.0389 e. The third-order valence-electron chi connectivity index (χ3n) is 1.45. The summed E-state index contributed by atoms with van der Waals surface area (Å²) in [6, 6.07) is 0. The van der Waals surface area contributed by atoms with Crippen LogP contribution < -0.4 is 0 Å². The van der Waals surface area contributed by atoms with E-state index in [4.69, 9.17) is 0 Å². The minimum Gasteiger partial charge on any atom is -0.293 e. The largest absolute Gasteiger partial charge is 0.293 e. The molecule has 0 N–H and O–H groups in total. The van der Waals surface area contributed by atoms with Crippen molar-refractivity contribution in [3.63, 3.8) is 0 Å². The van der Waals surface area contributed by atoms with E-state index in [0.717, 1.165) is 12.5 Å². The molecular formula is C10H19N. The summed E-state index contributed by atoms with van der Waals surface area (Å²) in [5.41, 5.74) is 0. The molecule has 1 heteroatoms. The summed E-state index contributed by atoms with van der Waals surface area (Å²) >= 11 is 0. The zero-order valence-electron chi connectivity index (χ0n) is 7.88. The average molecular weight is 153 g/mol. The predicted octanol–water partition coefficient (Wildman–Crippen LogP) is 3.07. The maximum atomic E-state index is 4.22. The molecule has 0 aromatic rings. The molecule has 0 unspecified atom stereocenters. The molecule has 0 radical (unpaired) electrons. The minimum absolute atomic E-state index is 0.812. The van der Waals surface area contributed by atoms with Gasteiger partial charge in [-0.15, -0.1) is 0 Å². The highest BCUT2D eigenvalue weighted by Crippen LogP contribution is 2.02. The first-order valence-electron chi connectivity index (χ1n) is 4.38. The molecule has 11 heavy (non-hydrogen) atoms. The van der Waals surface area contributed by atoms with Gasteiger partial charge in [0, 0.05) is 12.8 Å². The Morgan fingerprint density at radius 3 is 2.64 bits per heavy atom. The molecule has 0 aromatic heterocycles. The van der Waals surface area contributed by atoms with Crippen molar-refractivity contribution in [1.82, 2.24) is 0 Å². The molecule has 0 fully saturated rings. The third kappa shape index (κ3) is 9.41. The molecule has 1 nitrogen and oxygen atoms in total. The van der Waals surface area contributed by atoms with Crippen molar-refractivity contribution < 1.29 is 0 Å². The fourth-order valence-electron chi connectivity index (χ4n) is 0.812. The van der Waals surface area contributed by atoms with E-state index in [1.54, 1.807) is 0 Å². The second kappa shape index (κ2) is 7.52. The van der Waals surface area contributed by atoms with Gasteiger partial charge >= 0.3 is 0 Å². The van der Waals surface area contributed by atoms with Gasteiger partial charge in [0.15, 0.2) is 0 Å². The van der Waals surface area contributed by atoms with E-state index >= 15 is 0 Å². The maximum absolute atomic E-state index is 4.22. The number of allylic oxidation sites excluding steroid dienone is 2. The minimum atomic E-state index is 0.812. The Morgan fingerprint density at radius 1 is 1.36 bits per heavy atom. The number of aliphatic imine (C=N–C) groups is 1. The summed E-state index contributed by atoms with van der Waals surface area (Å²) in [5.74, 6) is 0.812. The number of hydrogen-bond donors (Lipinski definition) is 0. The second-order valence-corrected chi connectivity index (χ2v) is 3.12. The van der Waals surface area contributed by atoms with Gasteiger partial charge in [-0.05, 0) is 31.8 Å². The van der Waals surface area contributed by atoms with Crippen LogP contribution >= 0.6 is 0 Å². The van der Waals surface area contributed by atoms with Gasteiger partial charge in [-0.1, -0.05) is 19.9 Å². The van der Waals surface area contributed by atoms with Crippen molar-refractivity contribution in [3.8, 4) is 0 Å². The number of hydrogen-bond acceptors (Lipinski definition) is 1. The second-order valence-electron chi connectivity index (χ2n) is 3.12. The monoisotopic (exact) mass is 153 g/mol. The van der Waals surface area contributed by atoms with E-state index in [1.807, 2.05) is 25.3 Å². The lowest BCUT2D eigenvalue weighted by Crippen LogP contribution is -1.89. The van der Waals surface area contributed by atoms with Crippen molar-refractivity contribution in [2.45, 2.75) is 33.6 Å². The normalized spacial score (nSPS) is 12.4.